The minimum Gasteiger partial charge on any atom is -0.870 e. The molecule has 0 saturated carbocycles. The predicted octanol–water partition coefficient (Wildman–Crippen LogP) is -1.14. The van der Waals surface area contributed by atoms with E-state index in [0.717, 1.165) is 0 Å². The molecular weight excluding hydrogens is 182 g/mol. The van der Waals surface area contributed by atoms with Crippen molar-refractivity contribution in [1.29, 1.82) is 0 Å². The van der Waals surface area contributed by atoms with E-state index in [1.165, 1.54) is 0 Å². The van der Waals surface area contributed by atoms with Crippen LogP contribution in [0, 0.1) is 0 Å². The molecule has 8 heavy (non-hydrogen) atoms. The first-order valence-electron chi connectivity index (χ1n) is 0.667. The fraction of sp³-hybridized carbons (Fsp3) is 0. The molecule has 0 bridgehead atoms. The van der Waals surface area contributed by atoms with Gasteiger partial charge in [-0.15, -0.1) is 0 Å². The van der Waals surface area contributed by atoms with Gasteiger partial charge in [0.25, 0.3) is 0 Å². The molecule has 0 spiro atoms. The molecule has 5 N–H and O–H groups in total. The van der Waals surface area contributed by atoms with Crippen molar-refractivity contribution in [3.63, 3.8) is 0 Å². The molecule has 0 fully saturated rings. The maximum absolute atomic E-state index is 8.52. The van der Waals surface area contributed by atoms with E-state index >= 15 is 0 Å². The van der Waals surface area contributed by atoms with Gasteiger partial charge in [0.05, 0.1) is 0 Å². The number of quaternary nitrogens is 1. The van der Waals surface area contributed by atoms with E-state index in [0.29, 0.717) is 0 Å². The third kappa shape index (κ3) is 1860. The zero-order chi connectivity index (χ0) is 4.50. The van der Waals surface area contributed by atoms with Crippen LogP contribution in [0.3, 0.4) is 0 Å². The van der Waals surface area contributed by atoms with Gasteiger partial charge in [-0.3, -0.25) is 8.42 Å². The smallest absolute Gasteiger partial charge is 0.870 e. The van der Waals surface area contributed by atoms with Gasteiger partial charge in [-0.1, -0.05) is 0 Å². The molecule has 0 aromatic rings. The molecule has 8 heteroatoms. The van der Waals surface area contributed by atoms with Gasteiger partial charge >= 0.3 is 17.1 Å². The second-order valence-electron chi connectivity index (χ2n) is 0.408. The number of hydrogen-bond acceptors (Lipinski definition) is 5. The van der Waals surface area contributed by atoms with Crippen LogP contribution in [0.4, 0.5) is 0 Å². The maximum Gasteiger partial charge on any atom is 2.00 e. The fourth-order valence-corrected chi connectivity index (χ4v) is 0. The summed E-state index contributed by atoms with van der Waals surface area (Å²) >= 11 is 0. The quantitative estimate of drug-likeness (QED) is 0.289. The third-order valence-corrected chi connectivity index (χ3v) is 0. The first-order valence-corrected chi connectivity index (χ1v) is 2.00. The molecule has 0 amide bonds. The van der Waals surface area contributed by atoms with Crippen LogP contribution in [0.2, 0.25) is 0 Å². The van der Waals surface area contributed by atoms with Crippen molar-refractivity contribution < 1.29 is 40.1 Å². The van der Waals surface area contributed by atoms with Gasteiger partial charge in [0, 0.05) is 10.4 Å². The summed E-state index contributed by atoms with van der Waals surface area (Å²) < 4.78 is 34.1. The molecule has 0 rings (SSSR count). The summed E-state index contributed by atoms with van der Waals surface area (Å²) in [6, 6.07) is 0. The summed E-state index contributed by atoms with van der Waals surface area (Å²) in [5.74, 6) is 0. The topological polar surface area (TPSA) is 147 Å². The summed E-state index contributed by atoms with van der Waals surface area (Å²) in [6.07, 6.45) is 0. The van der Waals surface area contributed by atoms with Crippen LogP contribution in [0.25, 0.3) is 0 Å². The summed E-state index contributed by atoms with van der Waals surface area (Å²) in [6.45, 7) is 0. The fourth-order valence-electron chi connectivity index (χ4n) is 0. The zero-order valence-corrected chi connectivity index (χ0v) is 5.76. The zero-order valence-electron chi connectivity index (χ0n) is 3.84. The second-order valence-corrected chi connectivity index (χ2v) is 1.22. The average molecular weight is 187 g/mol. The summed E-state index contributed by atoms with van der Waals surface area (Å²) in [7, 11) is -5.17. The molecule has 0 unspecified atom stereocenters. The van der Waals surface area contributed by atoms with E-state index < -0.39 is 10.4 Å². The average Bonchev–Trinajstić information content (AvgIpc) is 0.722. The molecule has 54 valence electrons. The van der Waals surface area contributed by atoms with Crippen LogP contribution in [-0.2, 0) is 27.5 Å². The van der Waals surface area contributed by atoms with E-state index in [4.69, 9.17) is 17.5 Å². The number of rotatable bonds is 0. The second kappa shape index (κ2) is 7.31. The molecule has 0 saturated heterocycles. The number of hydrogen-bond donors (Lipinski definition) is 1. The van der Waals surface area contributed by atoms with Crippen LogP contribution in [0.1, 0.15) is 0 Å². The van der Waals surface area contributed by atoms with Gasteiger partial charge in [0.15, 0.2) is 0 Å². The summed E-state index contributed by atoms with van der Waals surface area (Å²) in [5, 5.41) is 0. The summed E-state index contributed by atoms with van der Waals surface area (Å²) in [5.41, 5.74) is 0. The molecule has 0 atom stereocenters. The van der Waals surface area contributed by atoms with Gasteiger partial charge in [0.1, 0.15) is 0 Å². The molecule has 0 aliphatic carbocycles. The normalized spacial score (nSPS) is 7.25. The van der Waals surface area contributed by atoms with Crippen molar-refractivity contribution in [2.75, 3.05) is 0 Å². The van der Waals surface area contributed by atoms with E-state index in [1.54, 1.807) is 0 Å². The Morgan fingerprint density at radius 3 is 1.12 bits per heavy atom. The molecule has 6 nitrogen and oxygen atoms in total. The largest absolute Gasteiger partial charge is 2.00 e. The molecule has 0 heterocycles. The van der Waals surface area contributed by atoms with Crippen LogP contribution in [0.15, 0.2) is 0 Å². The van der Waals surface area contributed by atoms with Gasteiger partial charge in [-0.05, 0) is 0 Å². The maximum atomic E-state index is 8.52. The van der Waals surface area contributed by atoms with E-state index in [9.17, 15) is 0 Å². The predicted molar refractivity (Wildman–Crippen MR) is 18.4 cm³/mol. The minimum absolute atomic E-state index is 0. The first-order chi connectivity index (χ1) is 2.00. The van der Waals surface area contributed by atoms with Gasteiger partial charge in [-0.2, -0.15) is 0 Å². The Bertz CT molecular complexity index is 95.6. The van der Waals surface area contributed by atoms with Crippen LogP contribution in [-0.4, -0.2) is 23.0 Å². The van der Waals surface area contributed by atoms with Crippen molar-refractivity contribution >= 4 is 10.4 Å². The van der Waals surface area contributed by atoms with Crippen LogP contribution >= 0.6 is 0 Å². The van der Waals surface area contributed by atoms with E-state index in [2.05, 4.69) is 0 Å². The van der Waals surface area contributed by atoms with E-state index in [1.807, 2.05) is 0 Å². The molecular formula is H5FeNO5S. The van der Waals surface area contributed by atoms with Crippen molar-refractivity contribution in [3.8, 4) is 0 Å². The Kier molecular flexibility index (Phi) is 21.8. The van der Waals surface area contributed by atoms with Crippen molar-refractivity contribution in [3.05, 3.63) is 0 Å². The molecule has 0 aromatic heterocycles. The van der Waals surface area contributed by atoms with Crippen molar-refractivity contribution in [2.45, 2.75) is 0 Å². The summed E-state index contributed by atoms with van der Waals surface area (Å²) in [4.78, 5) is 0. The SMILES string of the molecule is O=S(=O)([O-])[O-].[Fe+2].[NH4+].[OH-]. The Balaban J connectivity index is -0.0000000267. The first kappa shape index (κ1) is 23.9. The Morgan fingerprint density at radius 2 is 1.12 bits per heavy atom. The molecule has 0 aromatic carbocycles. The molecule has 0 aliphatic rings. The van der Waals surface area contributed by atoms with Crippen molar-refractivity contribution in [1.82, 2.24) is 6.15 Å². The van der Waals surface area contributed by atoms with Crippen LogP contribution < -0.4 is 6.15 Å². The Labute approximate surface area is 57.2 Å². The monoisotopic (exact) mass is 187 g/mol. The Morgan fingerprint density at radius 1 is 1.12 bits per heavy atom. The van der Waals surface area contributed by atoms with Crippen molar-refractivity contribution in [2.24, 2.45) is 0 Å². The van der Waals surface area contributed by atoms with E-state index in [-0.39, 0.29) is 28.7 Å². The van der Waals surface area contributed by atoms with Gasteiger partial charge < -0.3 is 20.7 Å². The Hall–Kier alpha value is 0.309. The third-order valence-electron chi connectivity index (χ3n) is 0. The van der Waals surface area contributed by atoms with Gasteiger partial charge in [-0.25, -0.2) is 0 Å². The standard InChI is InChI=1S/Fe.H3N.H2O4S.H2O/c;;1-5(2,3)4;/h;1H3;(H2,1,2,3,4);1H2/q+2;;;/p-2. The van der Waals surface area contributed by atoms with Gasteiger partial charge in [0.2, 0.25) is 0 Å². The minimum atomic E-state index is -5.17. The van der Waals surface area contributed by atoms with Crippen LogP contribution in [0.5, 0.6) is 0 Å². The molecule has 0 aliphatic heterocycles. The molecule has 0 radical (unpaired) electrons.